The minimum atomic E-state index is -3.48. The molecule has 0 spiro atoms. The zero-order valence-electron chi connectivity index (χ0n) is 15.0. The molecule has 1 fully saturated rings. The molecule has 1 aliphatic rings. The molecule has 0 radical (unpaired) electrons. The number of hydrogen-bond acceptors (Lipinski definition) is 4. The summed E-state index contributed by atoms with van der Waals surface area (Å²) < 4.78 is 26.8. The maximum Gasteiger partial charge on any atom is 0.243 e. The highest BCUT2D eigenvalue weighted by Crippen LogP contribution is 2.25. The smallest absolute Gasteiger partial charge is 0.243 e. The Labute approximate surface area is 156 Å². The van der Waals surface area contributed by atoms with Crippen LogP contribution in [0, 0.1) is 12.8 Å². The second kappa shape index (κ2) is 8.98. The minimum absolute atomic E-state index is 0. The summed E-state index contributed by atoms with van der Waals surface area (Å²) in [5.74, 6) is -0.0752. The van der Waals surface area contributed by atoms with Gasteiger partial charge in [0.2, 0.25) is 15.9 Å². The number of rotatable bonds is 5. The fraction of sp³-hybridized carbons (Fsp3) is 0.588. The second-order valence-corrected chi connectivity index (χ2v) is 8.46. The highest BCUT2D eigenvalue weighted by Gasteiger charge is 2.33. The number of sulfonamides is 1. The summed E-state index contributed by atoms with van der Waals surface area (Å²) in [6.07, 6.45) is 1.09. The van der Waals surface area contributed by atoms with E-state index in [2.05, 4.69) is 0 Å². The second-order valence-electron chi connectivity index (χ2n) is 6.53. The zero-order chi connectivity index (χ0) is 17.9. The zero-order valence-corrected chi connectivity index (χ0v) is 16.6. The molecule has 2 rings (SSSR count). The van der Waals surface area contributed by atoms with Gasteiger partial charge in [0.15, 0.2) is 0 Å². The SMILES string of the molecule is Cc1ccc(S(=O)(=O)N2CCC(C(=O)N(C)C(C)CN)CC2)cc1.Cl. The summed E-state index contributed by atoms with van der Waals surface area (Å²) in [6.45, 7) is 5.00. The van der Waals surface area contributed by atoms with Crippen molar-refractivity contribution in [2.75, 3.05) is 26.7 Å². The number of likely N-dealkylation sites (N-methyl/N-ethyl adjacent to an activating group) is 1. The minimum Gasteiger partial charge on any atom is -0.342 e. The number of benzene rings is 1. The molecular weight excluding hydrogens is 362 g/mol. The van der Waals surface area contributed by atoms with Crippen LogP contribution in [-0.2, 0) is 14.8 Å². The van der Waals surface area contributed by atoms with E-state index in [1.165, 1.54) is 4.31 Å². The van der Waals surface area contributed by atoms with Crippen molar-refractivity contribution < 1.29 is 13.2 Å². The van der Waals surface area contributed by atoms with Crippen molar-refractivity contribution in [2.45, 2.75) is 37.6 Å². The molecule has 1 atom stereocenters. The molecule has 0 saturated carbocycles. The lowest BCUT2D eigenvalue weighted by Gasteiger charge is -2.34. The van der Waals surface area contributed by atoms with Gasteiger partial charge in [-0.25, -0.2) is 8.42 Å². The van der Waals surface area contributed by atoms with Crippen LogP contribution in [0.4, 0.5) is 0 Å². The first-order chi connectivity index (χ1) is 11.3. The van der Waals surface area contributed by atoms with Crippen LogP contribution in [0.1, 0.15) is 25.3 Å². The number of halogens is 1. The van der Waals surface area contributed by atoms with Crippen molar-refractivity contribution in [3.8, 4) is 0 Å². The molecule has 25 heavy (non-hydrogen) atoms. The van der Waals surface area contributed by atoms with Crippen LogP contribution in [0.15, 0.2) is 29.2 Å². The van der Waals surface area contributed by atoms with Gasteiger partial charge in [0, 0.05) is 38.6 Å². The maximum atomic E-state index is 12.7. The third-order valence-corrected chi connectivity index (χ3v) is 6.72. The van der Waals surface area contributed by atoms with E-state index in [0.717, 1.165) is 5.56 Å². The van der Waals surface area contributed by atoms with Crippen LogP contribution in [-0.4, -0.2) is 56.3 Å². The molecule has 1 unspecified atom stereocenters. The molecule has 1 aliphatic heterocycles. The van der Waals surface area contributed by atoms with Gasteiger partial charge in [-0.1, -0.05) is 17.7 Å². The number of nitrogens with two attached hydrogens (primary N) is 1. The van der Waals surface area contributed by atoms with E-state index in [4.69, 9.17) is 5.73 Å². The molecular formula is C17H28ClN3O3S. The van der Waals surface area contributed by atoms with Crippen LogP contribution in [0.2, 0.25) is 0 Å². The molecule has 1 amide bonds. The van der Waals surface area contributed by atoms with Crippen molar-refractivity contribution in [2.24, 2.45) is 11.7 Å². The lowest BCUT2D eigenvalue weighted by Crippen LogP contribution is -2.47. The lowest BCUT2D eigenvalue weighted by atomic mass is 9.96. The molecule has 0 aromatic heterocycles. The predicted molar refractivity (Wildman–Crippen MR) is 101 cm³/mol. The van der Waals surface area contributed by atoms with Gasteiger partial charge in [0.25, 0.3) is 0 Å². The third kappa shape index (κ3) is 4.94. The van der Waals surface area contributed by atoms with E-state index in [1.54, 1.807) is 36.2 Å². The average molecular weight is 390 g/mol. The van der Waals surface area contributed by atoms with Crippen LogP contribution in [0.25, 0.3) is 0 Å². The summed E-state index contributed by atoms with van der Waals surface area (Å²) in [5, 5.41) is 0. The summed E-state index contributed by atoms with van der Waals surface area (Å²) in [4.78, 5) is 14.5. The summed E-state index contributed by atoms with van der Waals surface area (Å²) in [7, 11) is -1.72. The lowest BCUT2D eigenvalue weighted by molar-refractivity contribution is -0.137. The Morgan fingerprint density at radius 1 is 1.28 bits per heavy atom. The monoisotopic (exact) mass is 389 g/mol. The van der Waals surface area contributed by atoms with Gasteiger partial charge < -0.3 is 10.6 Å². The number of aryl methyl sites for hydroxylation is 1. The quantitative estimate of drug-likeness (QED) is 0.829. The maximum absolute atomic E-state index is 12.7. The molecule has 142 valence electrons. The normalized spacial score (nSPS) is 17.6. The first kappa shape index (κ1) is 21.9. The first-order valence-corrected chi connectivity index (χ1v) is 9.75. The van der Waals surface area contributed by atoms with Crippen molar-refractivity contribution in [3.63, 3.8) is 0 Å². The van der Waals surface area contributed by atoms with Gasteiger partial charge in [-0.05, 0) is 38.8 Å². The number of carbonyl (C=O) groups is 1. The number of amides is 1. The van der Waals surface area contributed by atoms with E-state index < -0.39 is 10.0 Å². The van der Waals surface area contributed by atoms with E-state index in [0.29, 0.717) is 37.4 Å². The number of carbonyl (C=O) groups excluding carboxylic acids is 1. The largest absolute Gasteiger partial charge is 0.342 e. The van der Waals surface area contributed by atoms with Crippen molar-refractivity contribution in [1.82, 2.24) is 9.21 Å². The van der Waals surface area contributed by atoms with E-state index in [1.807, 2.05) is 13.8 Å². The molecule has 0 bridgehead atoms. The molecule has 1 aromatic rings. The molecule has 2 N–H and O–H groups in total. The number of hydrogen-bond donors (Lipinski definition) is 1. The third-order valence-electron chi connectivity index (χ3n) is 4.81. The molecule has 8 heteroatoms. The Hall–Kier alpha value is -1.15. The molecule has 0 aliphatic carbocycles. The van der Waals surface area contributed by atoms with E-state index >= 15 is 0 Å². The Kier molecular flexibility index (Phi) is 7.87. The molecule has 1 saturated heterocycles. The van der Waals surface area contributed by atoms with E-state index in [9.17, 15) is 13.2 Å². The first-order valence-electron chi connectivity index (χ1n) is 8.31. The Balaban J connectivity index is 0.00000312. The summed E-state index contributed by atoms with van der Waals surface area (Å²) >= 11 is 0. The molecule has 1 heterocycles. The molecule has 6 nitrogen and oxygen atoms in total. The van der Waals surface area contributed by atoms with Crippen molar-refractivity contribution in [1.29, 1.82) is 0 Å². The van der Waals surface area contributed by atoms with Crippen LogP contribution >= 0.6 is 12.4 Å². The number of nitrogens with zero attached hydrogens (tertiary/aromatic N) is 2. The highest BCUT2D eigenvalue weighted by molar-refractivity contribution is 7.89. The van der Waals surface area contributed by atoms with Crippen molar-refractivity contribution >= 4 is 28.3 Å². The van der Waals surface area contributed by atoms with Crippen LogP contribution in [0.3, 0.4) is 0 Å². The van der Waals surface area contributed by atoms with E-state index in [-0.39, 0.29) is 30.3 Å². The fourth-order valence-electron chi connectivity index (χ4n) is 2.87. The van der Waals surface area contributed by atoms with Crippen molar-refractivity contribution in [3.05, 3.63) is 29.8 Å². The van der Waals surface area contributed by atoms with Crippen LogP contribution in [0.5, 0.6) is 0 Å². The van der Waals surface area contributed by atoms with Gasteiger partial charge in [0.1, 0.15) is 0 Å². The standard InChI is InChI=1S/C17H27N3O3S.ClH/c1-13-4-6-16(7-5-13)24(22,23)20-10-8-15(9-11-20)17(21)19(3)14(2)12-18;/h4-7,14-15H,8-12,18H2,1-3H3;1H. The predicted octanol–water partition coefficient (Wildman–Crippen LogP) is 1.62. The number of piperidine rings is 1. The van der Waals surface area contributed by atoms with Gasteiger partial charge in [-0.15, -0.1) is 12.4 Å². The molecule has 1 aromatic carbocycles. The topological polar surface area (TPSA) is 83.7 Å². The summed E-state index contributed by atoms with van der Waals surface area (Å²) in [5.41, 5.74) is 6.64. The van der Waals surface area contributed by atoms with Gasteiger partial charge >= 0.3 is 0 Å². The Bertz CT molecular complexity index is 671. The highest BCUT2D eigenvalue weighted by atomic mass is 35.5. The van der Waals surface area contributed by atoms with Gasteiger partial charge in [-0.2, -0.15) is 4.31 Å². The average Bonchev–Trinajstić information content (AvgIpc) is 2.60. The fourth-order valence-corrected chi connectivity index (χ4v) is 4.34. The Morgan fingerprint density at radius 2 is 1.80 bits per heavy atom. The van der Waals surface area contributed by atoms with Gasteiger partial charge in [-0.3, -0.25) is 4.79 Å². The Morgan fingerprint density at radius 3 is 2.28 bits per heavy atom. The summed E-state index contributed by atoms with van der Waals surface area (Å²) in [6, 6.07) is 6.86. The van der Waals surface area contributed by atoms with Gasteiger partial charge in [0.05, 0.1) is 4.90 Å². The van der Waals surface area contributed by atoms with Crippen LogP contribution < -0.4 is 5.73 Å².